The fraction of sp³-hybridized carbons (Fsp3) is 0.333. The number of halogens is 1. The molecular formula is C48H51ClN8O6S. The molecule has 1 N–H and O–H groups in total. The first-order valence-electron chi connectivity index (χ1n) is 21.3. The minimum Gasteiger partial charge on any atom is -0.496 e. The van der Waals surface area contributed by atoms with Gasteiger partial charge in [0, 0.05) is 69.8 Å². The second-order valence-electron chi connectivity index (χ2n) is 16.2. The summed E-state index contributed by atoms with van der Waals surface area (Å²) in [6.07, 6.45) is 4.00. The standard InChI is InChI=1S/C48H51ClN8O6S/c1-30(2)28-57-19-17-36(53-57)45-42(34-14-15-39(44(49)31(34)3)61-25-24-56-22-20-55(4)21-23-56)43-41(27-51-45)64-54-47(43)63-40(48(58)59)26-32-10-6-8-12-37(32)62-29-33-16-18-50-46(52-33)35-11-7-9-13-38(35)60-5/h6-19,27,30,40H,20-26,28-29H2,1-5H3,(H,58,59). The number of aliphatic carboxylic acids is 1. The van der Waals surface area contributed by atoms with E-state index in [4.69, 9.17) is 50.0 Å². The number of benzene rings is 3. The molecule has 0 radical (unpaired) electrons. The lowest BCUT2D eigenvalue weighted by molar-refractivity contribution is -0.145. The monoisotopic (exact) mass is 902 g/mol. The van der Waals surface area contributed by atoms with Crippen LogP contribution in [0.25, 0.3) is 44.0 Å². The van der Waals surface area contributed by atoms with Gasteiger partial charge in [-0.25, -0.2) is 14.8 Å². The number of carboxylic acids is 1. The molecule has 1 saturated heterocycles. The third-order valence-electron chi connectivity index (χ3n) is 11.1. The molecule has 14 nitrogen and oxygen atoms in total. The van der Waals surface area contributed by atoms with E-state index in [9.17, 15) is 9.90 Å². The molecule has 4 aromatic heterocycles. The summed E-state index contributed by atoms with van der Waals surface area (Å²) < 4.78 is 31.8. The van der Waals surface area contributed by atoms with Gasteiger partial charge in [0.1, 0.15) is 36.2 Å². The Morgan fingerprint density at radius 1 is 0.922 bits per heavy atom. The second kappa shape index (κ2) is 20.1. The van der Waals surface area contributed by atoms with Crippen LogP contribution in [-0.4, -0.2) is 110 Å². The number of nitrogens with zero attached hydrogens (tertiary/aromatic N) is 8. The number of rotatable bonds is 18. The van der Waals surface area contributed by atoms with Crippen LogP contribution in [0.1, 0.15) is 30.7 Å². The third kappa shape index (κ3) is 10.1. The molecule has 0 spiro atoms. The van der Waals surface area contributed by atoms with Crippen LogP contribution in [0.15, 0.2) is 91.4 Å². The zero-order valence-corrected chi connectivity index (χ0v) is 38.1. The van der Waals surface area contributed by atoms with Crippen molar-refractivity contribution in [1.29, 1.82) is 0 Å². The van der Waals surface area contributed by atoms with E-state index in [-0.39, 0.29) is 18.9 Å². The molecule has 332 valence electrons. The van der Waals surface area contributed by atoms with Crippen molar-refractivity contribution in [2.45, 2.75) is 46.4 Å². The highest BCUT2D eigenvalue weighted by Crippen LogP contribution is 2.46. The van der Waals surface area contributed by atoms with Crippen LogP contribution in [0.2, 0.25) is 5.02 Å². The van der Waals surface area contributed by atoms with E-state index in [1.54, 1.807) is 31.6 Å². The first kappa shape index (κ1) is 44.5. The number of piperazine rings is 1. The van der Waals surface area contributed by atoms with Crippen LogP contribution in [0.4, 0.5) is 0 Å². The highest BCUT2D eigenvalue weighted by atomic mass is 35.5. The normalized spacial score (nSPS) is 13.9. The average molecular weight is 904 g/mol. The fourth-order valence-corrected chi connectivity index (χ4v) is 8.64. The average Bonchev–Trinajstić information content (AvgIpc) is 3.94. The van der Waals surface area contributed by atoms with E-state index >= 15 is 0 Å². The largest absolute Gasteiger partial charge is 0.496 e. The first-order valence-corrected chi connectivity index (χ1v) is 22.4. The minimum absolute atomic E-state index is 0.0152. The van der Waals surface area contributed by atoms with Gasteiger partial charge >= 0.3 is 5.97 Å². The lowest BCUT2D eigenvalue weighted by atomic mass is 9.95. The molecular weight excluding hydrogens is 852 g/mol. The maximum atomic E-state index is 13.1. The van der Waals surface area contributed by atoms with E-state index in [0.717, 1.165) is 56.0 Å². The number of ether oxygens (including phenoxy) is 4. The Labute approximate surface area is 381 Å². The molecule has 1 atom stereocenters. The quantitative estimate of drug-likeness (QED) is 0.0877. The van der Waals surface area contributed by atoms with Gasteiger partial charge in [-0.15, -0.1) is 0 Å². The summed E-state index contributed by atoms with van der Waals surface area (Å²) in [5.74, 6) is 1.63. The second-order valence-corrected chi connectivity index (χ2v) is 17.4. The molecule has 0 bridgehead atoms. The molecule has 16 heteroatoms. The summed E-state index contributed by atoms with van der Waals surface area (Å²) in [7, 11) is 3.75. The van der Waals surface area contributed by atoms with E-state index < -0.39 is 12.1 Å². The lowest BCUT2D eigenvalue weighted by Crippen LogP contribution is -2.45. The predicted molar refractivity (Wildman–Crippen MR) is 249 cm³/mol. The summed E-state index contributed by atoms with van der Waals surface area (Å²) in [5, 5.41) is 16.7. The maximum absolute atomic E-state index is 13.1. The molecule has 1 unspecified atom stereocenters. The van der Waals surface area contributed by atoms with Crippen molar-refractivity contribution >= 4 is 39.2 Å². The van der Waals surface area contributed by atoms with Crippen molar-refractivity contribution in [3.05, 3.63) is 113 Å². The zero-order chi connectivity index (χ0) is 44.7. The Hall–Kier alpha value is -6.13. The summed E-state index contributed by atoms with van der Waals surface area (Å²) in [5.41, 5.74) is 5.50. The Morgan fingerprint density at radius 2 is 1.70 bits per heavy atom. The number of likely N-dealkylation sites (N-methyl/N-ethyl adjacent to an activating group) is 1. The fourth-order valence-electron chi connectivity index (χ4n) is 7.73. The van der Waals surface area contributed by atoms with Gasteiger partial charge in [0.2, 0.25) is 12.0 Å². The Balaban J connectivity index is 1.09. The molecule has 7 aromatic rings. The van der Waals surface area contributed by atoms with Gasteiger partial charge in [-0.3, -0.25) is 14.6 Å². The number of carbonyl (C=O) groups is 1. The number of methoxy groups -OCH3 is 1. The molecule has 1 aliphatic heterocycles. The van der Waals surface area contributed by atoms with E-state index in [2.05, 4.69) is 35.7 Å². The Bertz CT molecular complexity index is 2740. The number of pyridine rings is 1. The summed E-state index contributed by atoms with van der Waals surface area (Å²) in [4.78, 5) is 31.9. The van der Waals surface area contributed by atoms with Crippen molar-refractivity contribution in [1.82, 2.24) is 38.9 Å². The van der Waals surface area contributed by atoms with Crippen molar-refractivity contribution < 1.29 is 28.8 Å². The number of fused-ring (bicyclic) bond motifs is 1. The minimum atomic E-state index is -1.33. The van der Waals surface area contributed by atoms with Crippen molar-refractivity contribution in [3.63, 3.8) is 0 Å². The summed E-state index contributed by atoms with van der Waals surface area (Å²) >= 11 is 8.31. The maximum Gasteiger partial charge on any atom is 0.345 e. The Morgan fingerprint density at radius 3 is 2.48 bits per heavy atom. The molecule has 64 heavy (non-hydrogen) atoms. The molecule has 8 rings (SSSR count). The van der Waals surface area contributed by atoms with Gasteiger partial charge in [-0.2, -0.15) is 9.47 Å². The van der Waals surface area contributed by atoms with Crippen LogP contribution >= 0.6 is 23.1 Å². The van der Waals surface area contributed by atoms with Gasteiger partial charge in [0.05, 0.1) is 39.2 Å². The topological polar surface area (TPSA) is 150 Å². The highest BCUT2D eigenvalue weighted by Gasteiger charge is 2.29. The van der Waals surface area contributed by atoms with Gasteiger partial charge in [-0.1, -0.05) is 61.8 Å². The molecule has 1 fully saturated rings. The van der Waals surface area contributed by atoms with Crippen molar-refractivity contribution in [3.8, 4) is 57.0 Å². The van der Waals surface area contributed by atoms with E-state index in [0.29, 0.717) is 78.9 Å². The lowest BCUT2D eigenvalue weighted by Gasteiger charge is -2.32. The van der Waals surface area contributed by atoms with Gasteiger partial charge in [0.15, 0.2) is 5.82 Å². The Kier molecular flexibility index (Phi) is 14.0. The molecule has 0 saturated carbocycles. The molecule has 0 aliphatic carbocycles. The van der Waals surface area contributed by atoms with Crippen LogP contribution < -0.4 is 18.9 Å². The van der Waals surface area contributed by atoms with Crippen LogP contribution in [-0.2, 0) is 24.4 Å². The highest BCUT2D eigenvalue weighted by molar-refractivity contribution is 7.13. The van der Waals surface area contributed by atoms with Crippen LogP contribution in [0, 0.1) is 12.8 Å². The van der Waals surface area contributed by atoms with Gasteiger partial charge in [-0.05, 0) is 84.5 Å². The number of hydrogen-bond acceptors (Lipinski definition) is 13. The number of aromatic nitrogens is 6. The third-order valence-corrected chi connectivity index (χ3v) is 12.4. The summed E-state index contributed by atoms with van der Waals surface area (Å²) in [6.45, 7) is 12.4. The number of carboxylic acid groups (broad SMARTS) is 1. The smallest absolute Gasteiger partial charge is 0.345 e. The van der Waals surface area contributed by atoms with E-state index in [1.807, 2.05) is 78.5 Å². The van der Waals surface area contributed by atoms with Crippen molar-refractivity contribution in [2.24, 2.45) is 5.92 Å². The van der Waals surface area contributed by atoms with Gasteiger partial charge in [0.25, 0.3) is 0 Å². The molecule has 0 amide bonds. The first-order chi connectivity index (χ1) is 31.1. The van der Waals surface area contributed by atoms with Crippen molar-refractivity contribution in [2.75, 3.05) is 53.5 Å². The SMILES string of the molecule is COc1ccccc1-c1nccc(COc2ccccc2CC(Oc2nsc3cnc(-c4ccn(CC(C)C)n4)c(-c4ccc(OCCN5CCN(C)CC5)c(Cl)c4C)c23)C(=O)O)n1. The van der Waals surface area contributed by atoms with E-state index in [1.165, 1.54) is 11.5 Å². The van der Waals surface area contributed by atoms with Crippen LogP contribution in [0.3, 0.4) is 0 Å². The summed E-state index contributed by atoms with van der Waals surface area (Å²) in [6, 6.07) is 22.4. The zero-order valence-electron chi connectivity index (χ0n) is 36.5. The molecule has 3 aromatic carbocycles. The predicted octanol–water partition coefficient (Wildman–Crippen LogP) is 8.59. The molecule has 5 heterocycles. The number of hydrogen-bond donors (Lipinski definition) is 1. The number of para-hydroxylation sites is 2. The van der Waals surface area contributed by atoms with Crippen LogP contribution in [0.5, 0.6) is 23.1 Å². The van der Waals surface area contributed by atoms with Gasteiger partial charge < -0.3 is 29.0 Å². The molecule has 1 aliphatic rings.